The van der Waals surface area contributed by atoms with Crippen molar-refractivity contribution in [1.82, 2.24) is 20.0 Å². The van der Waals surface area contributed by atoms with Gasteiger partial charge in [0.1, 0.15) is 11.6 Å². The molecule has 1 saturated heterocycles. The summed E-state index contributed by atoms with van der Waals surface area (Å²) in [6, 6.07) is -0.0594. The van der Waals surface area contributed by atoms with Crippen LogP contribution in [0.4, 0.5) is 9.93 Å². The summed E-state index contributed by atoms with van der Waals surface area (Å²) in [5.41, 5.74) is 0. The molecular formula is C13H21N5O3S. The standard InChI is InChI=1S/C13H21N5O3S/c1-17(2)13(20)18-6-4-5-9(7-18)11(19)14-12-16-15-10(22-12)8-21-3/h9H,4-8H2,1-3H3,(H,14,16,19). The summed E-state index contributed by atoms with van der Waals surface area (Å²) < 4.78 is 4.97. The molecule has 0 spiro atoms. The van der Waals surface area contributed by atoms with Crippen molar-refractivity contribution in [3.05, 3.63) is 5.01 Å². The van der Waals surface area contributed by atoms with Crippen molar-refractivity contribution in [2.24, 2.45) is 5.92 Å². The molecule has 0 aromatic carbocycles. The molecule has 1 aromatic rings. The Morgan fingerprint density at radius 1 is 1.45 bits per heavy atom. The molecule has 1 aliphatic rings. The van der Waals surface area contributed by atoms with Gasteiger partial charge in [-0.3, -0.25) is 4.79 Å². The molecule has 1 N–H and O–H groups in total. The highest BCUT2D eigenvalue weighted by molar-refractivity contribution is 7.15. The van der Waals surface area contributed by atoms with E-state index in [-0.39, 0.29) is 17.9 Å². The summed E-state index contributed by atoms with van der Waals surface area (Å²) in [6.45, 7) is 1.51. The summed E-state index contributed by atoms with van der Waals surface area (Å²) >= 11 is 1.29. The number of carbonyl (C=O) groups excluding carboxylic acids is 2. The maximum Gasteiger partial charge on any atom is 0.319 e. The van der Waals surface area contributed by atoms with Crippen molar-refractivity contribution in [1.29, 1.82) is 0 Å². The summed E-state index contributed by atoms with van der Waals surface area (Å²) in [5.74, 6) is -0.330. The molecule has 2 rings (SSSR count). The predicted octanol–water partition coefficient (Wildman–Crippen LogP) is 1.02. The van der Waals surface area contributed by atoms with E-state index in [1.807, 2.05) is 0 Å². The van der Waals surface area contributed by atoms with Crippen molar-refractivity contribution < 1.29 is 14.3 Å². The number of nitrogens with zero attached hydrogens (tertiary/aromatic N) is 4. The second-order valence-corrected chi connectivity index (χ2v) is 6.45. The third kappa shape index (κ3) is 4.14. The van der Waals surface area contributed by atoms with E-state index < -0.39 is 0 Å². The van der Waals surface area contributed by atoms with Crippen LogP contribution in [0, 0.1) is 5.92 Å². The second kappa shape index (κ2) is 7.50. The Hall–Kier alpha value is -1.74. The number of urea groups is 1. The van der Waals surface area contributed by atoms with Crippen molar-refractivity contribution >= 4 is 28.4 Å². The topological polar surface area (TPSA) is 87.7 Å². The number of amides is 3. The van der Waals surface area contributed by atoms with E-state index in [9.17, 15) is 9.59 Å². The molecule has 8 nitrogen and oxygen atoms in total. The van der Waals surface area contributed by atoms with E-state index in [0.29, 0.717) is 29.8 Å². The first-order valence-corrected chi connectivity index (χ1v) is 7.91. The number of rotatable bonds is 4. The number of aromatic nitrogens is 2. The normalized spacial score (nSPS) is 18.1. The third-order valence-electron chi connectivity index (χ3n) is 3.41. The van der Waals surface area contributed by atoms with Crippen LogP contribution >= 0.6 is 11.3 Å². The Kier molecular flexibility index (Phi) is 5.67. The molecule has 0 radical (unpaired) electrons. The number of nitrogens with one attached hydrogen (secondary N) is 1. The lowest BCUT2D eigenvalue weighted by atomic mass is 9.97. The molecule has 2 heterocycles. The summed E-state index contributed by atoms with van der Waals surface area (Å²) in [7, 11) is 5.01. The number of anilines is 1. The van der Waals surface area contributed by atoms with E-state index in [2.05, 4.69) is 15.5 Å². The van der Waals surface area contributed by atoms with Crippen LogP contribution in [0.3, 0.4) is 0 Å². The Bertz CT molecular complexity index is 534. The van der Waals surface area contributed by atoms with Crippen molar-refractivity contribution in [3.8, 4) is 0 Å². The molecule has 1 unspecified atom stereocenters. The lowest BCUT2D eigenvalue weighted by Gasteiger charge is -2.33. The summed E-state index contributed by atoms with van der Waals surface area (Å²) in [6.07, 6.45) is 1.59. The molecule has 122 valence electrons. The van der Waals surface area contributed by atoms with Gasteiger partial charge in [-0.1, -0.05) is 11.3 Å². The fourth-order valence-corrected chi connectivity index (χ4v) is 3.06. The molecular weight excluding hydrogens is 306 g/mol. The summed E-state index contributed by atoms with van der Waals surface area (Å²) in [5, 5.41) is 11.8. The van der Waals surface area contributed by atoms with Gasteiger partial charge in [-0.15, -0.1) is 10.2 Å². The number of carbonyl (C=O) groups is 2. The van der Waals surface area contributed by atoms with E-state index >= 15 is 0 Å². The Morgan fingerprint density at radius 2 is 2.23 bits per heavy atom. The van der Waals surface area contributed by atoms with E-state index in [4.69, 9.17) is 4.74 Å². The number of hydrogen-bond donors (Lipinski definition) is 1. The van der Waals surface area contributed by atoms with Crippen molar-refractivity contribution in [2.45, 2.75) is 19.4 Å². The Balaban J connectivity index is 1.92. The zero-order valence-corrected chi connectivity index (χ0v) is 13.9. The van der Waals surface area contributed by atoms with Gasteiger partial charge in [-0.2, -0.15) is 0 Å². The van der Waals surface area contributed by atoms with Crippen molar-refractivity contribution in [2.75, 3.05) is 39.6 Å². The van der Waals surface area contributed by atoms with E-state index in [1.165, 1.54) is 16.2 Å². The average molecular weight is 327 g/mol. The van der Waals surface area contributed by atoms with Crippen LogP contribution in [-0.4, -0.2) is 66.2 Å². The minimum atomic E-state index is -0.215. The van der Waals surface area contributed by atoms with Gasteiger partial charge in [0.15, 0.2) is 0 Å². The fraction of sp³-hybridized carbons (Fsp3) is 0.692. The minimum Gasteiger partial charge on any atom is -0.377 e. The number of ether oxygens (including phenoxy) is 1. The summed E-state index contributed by atoms with van der Waals surface area (Å²) in [4.78, 5) is 27.5. The average Bonchev–Trinajstić information content (AvgIpc) is 2.94. The molecule has 0 bridgehead atoms. The zero-order chi connectivity index (χ0) is 16.1. The van der Waals surface area contributed by atoms with Crippen LogP contribution in [0.2, 0.25) is 0 Å². The lowest BCUT2D eigenvalue weighted by Crippen LogP contribution is -2.47. The first-order chi connectivity index (χ1) is 10.5. The highest BCUT2D eigenvalue weighted by Gasteiger charge is 2.29. The Labute approximate surface area is 133 Å². The molecule has 22 heavy (non-hydrogen) atoms. The SMILES string of the molecule is COCc1nnc(NC(=O)C2CCCN(C(=O)N(C)C)C2)s1. The van der Waals surface area contributed by atoms with Gasteiger partial charge in [-0.25, -0.2) is 4.79 Å². The van der Waals surface area contributed by atoms with Crippen LogP contribution < -0.4 is 5.32 Å². The van der Waals surface area contributed by atoms with Gasteiger partial charge >= 0.3 is 6.03 Å². The number of likely N-dealkylation sites (tertiary alicyclic amines) is 1. The number of piperidine rings is 1. The lowest BCUT2D eigenvalue weighted by molar-refractivity contribution is -0.121. The van der Waals surface area contributed by atoms with Gasteiger partial charge in [0, 0.05) is 34.3 Å². The molecule has 1 atom stereocenters. The highest BCUT2D eigenvalue weighted by atomic mass is 32.1. The zero-order valence-electron chi connectivity index (χ0n) is 13.0. The molecule has 0 saturated carbocycles. The molecule has 0 aliphatic carbocycles. The highest BCUT2D eigenvalue weighted by Crippen LogP contribution is 2.21. The first kappa shape index (κ1) is 16.6. The minimum absolute atomic E-state index is 0.0594. The molecule has 1 aromatic heterocycles. The smallest absolute Gasteiger partial charge is 0.319 e. The molecule has 1 aliphatic heterocycles. The quantitative estimate of drug-likeness (QED) is 0.892. The van der Waals surface area contributed by atoms with E-state index in [0.717, 1.165) is 12.8 Å². The van der Waals surface area contributed by atoms with Crippen LogP contribution in [0.5, 0.6) is 0 Å². The van der Waals surface area contributed by atoms with Crippen LogP contribution in [0.25, 0.3) is 0 Å². The molecule has 9 heteroatoms. The maximum atomic E-state index is 12.3. The van der Waals surface area contributed by atoms with Crippen LogP contribution in [0.1, 0.15) is 17.8 Å². The van der Waals surface area contributed by atoms with Crippen molar-refractivity contribution in [3.63, 3.8) is 0 Å². The van der Waals surface area contributed by atoms with E-state index in [1.54, 1.807) is 26.1 Å². The van der Waals surface area contributed by atoms with Gasteiger partial charge in [-0.05, 0) is 12.8 Å². The fourth-order valence-electron chi connectivity index (χ4n) is 2.34. The second-order valence-electron chi connectivity index (χ2n) is 5.39. The van der Waals surface area contributed by atoms with Gasteiger partial charge in [0.2, 0.25) is 11.0 Å². The Morgan fingerprint density at radius 3 is 2.91 bits per heavy atom. The third-order valence-corrected chi connectivity index (χ3v) is 4.22. The number of methoxy groups -OCH3 is 1. The van der Waals surface area contributed by atoms with Gasteiger partial charge < -0.3 is 19.9 Å². The number of hydrogen-bond acceptors (Lipinski definition) is 6. The van der Waals surface area contributed by atoms with Gasteiger partial charge in [0.05, 0.1) is 5.92 Å². The van der Waals surface area contributed by atoms with Crippen LogP contribution in [-0.2, 0) is 16.1 Å². The predicted molar refractivity (Wildman–Crippen MR) is 82.6 cm³/mol. The van der Waals surface area contributed by atoms with Crippen LogP contribution in [0.15, 0.2) is 0 Å². The first-order valence-electron chi connectivity index (χ1n) is 7.09. The monoisotopic (exact) mass is 327 g/mol. The van der Waals surface area contributed by atoms with Gasteiger partial charge in [0.25, 0.3) is 0 Å². The molecule has 1 fully saturated rings. The molecule has 3 amide bonds. The maximum absolute atomic E-state index is 12.3. The largest absolute Gasteiger partial charge is 0.377 e.